The SMILES string of the molecule is C=C(C(N)=O)C1=C(C)CC(Cl)(c2c(CN3CCN(C)CC3)n(-c3ccccc3)c3ncccc23)C=C1. The highest BCUT2D eigenvalue weighted by molar-refractivity contribution is 6.27. The lowest BCUT2D eigenvalue weighted by molar-refractivity contribution is -0.114. The van der Waals surface area contributed by atoms with Crippen LogP contribution in [0.25, 0.3) is 16.7 Å². The fraction of sp³-hybridized carbons (Fsp3) is 0.310. The normalized spacial score (nSPS) is 21.3. The number of piperazine rings is 1. The first-order chi connectivity index (χ1) is 17.3. The number of amides is 1. The Morgan fingerprint density at radius 1 is 1.14 bits per heavy atom. The molecule has 5 rings (SSSR count). The summed E-state index contributed by atoms with van der Waals surface area (Å²) < 4.78 is 2.26. The van der Waals surface area contributed by atoms with Crippen molar-refractivity contribution in [2.75, 3.05) is 33.2 Å². The Balaban J connectivity index is 1.69. The predicted molar refractivity (Wildman–Crippen MR) is 146 cm³/mol. The van der Waals surface area contributed by atoms with E-state index in [2.05, 4.69) is 58.3 Å². The van der Waals surface area contributed by atoms with Crippen molar-refractivity contribution in [3.8, 4) is 5.69 Å². The lowest BCUT2D eigenvalue weighted by atomic mass is 9.82. The largest absolute Gasteiger partial charge is 0.366 e. The summed E-state index contributed by atoms with van der Waals surface area (Å²) in [4.78, 5) is 20.7. The summed E-state index contributed by atoms with van der Waals surface area (Å²) in [6.45, 7) is 10.7. The first-order valence-corrected chi connectivity index (χ1v) is 12.7. The molecular weight excluding hydrogens is 470 g/mol. The van der Waals surface area contributed by atoms with Crippen LogP contribution in [-0.2, 0) is 16.2 Å². The van der Waals surface area contributed by atoms with E-state index in [4.69, 9.17) is 22.3 Å². The Morgan fingerprint density at radius 3 is 2.53 bits per heavy atom. The van der Waals surface area contributed by atoms with Gasteiger partial charge in [-0.25, -0.2) is 4.98 Å². The van der Waals surface area contributed by atoms with Crippen LogP contribution in [0, 0.1) is 0 Å². The number of rotatable bonds is 6. The second-order valence-electron chi connectivity index (χ2n) is 9.86. The molecule has 1 unspecified atom stereocenters. The summed E-state index contributed by atoms with van der Waals surface area (Å²) >= 11 is 7.54. The number of allylic oxidation sites excluding steroid dienone is 3. The monoisotopic (exact) mass is 501 g/mol. The van der Waals surface area contributed by atoms with Gasteiger partial charge < -0.3 is 10.6 Å². The average molecular weight is 502 g/mol. The number of carbonyl (C=O) groups excluding carboxylic acids is 1. The summed E-state index contributed by atoms with van der Waals surface area (Å²) in [5.41, 5.74) is 11.8. The van der Waals surface area contributed by atoms with Crippen molar-refractivity contribution in [2.24, 2.45) is 5.73 Å². The summed E-state index contributed by atoms with van der Waals surface area (Å²) in [5.74, 6) is -0.517. The van der Waals surface area contributed by atoms with Crippen LogP contribution in [0.4, 0.5) is 0 Å². The highest BCUT2D eigenvalue weighted by Gasteiger charge is 2.38. The van der Waals surface area contributed by atoms with Crippen LogP contribution >= 0.6 is 11.6 Å². The van der Waals surface area contributed by atoms with Gasteiger partial charge in [-0.15, -0.1) is 11.6 Å². The number of halogens is 1. The van der Waals surface area contributed by atoms with Gasteiger partial charge in [-0.3, -0.25) is 14.3 Å². The van der Waals surface area contributed by atoms with Gasteiger partial charge in [-0.1, -0.05) is 42.5 Å². The molecule has 3 aromatic rings. The molecular formula is C29H32ClN5O. The molecule has 1 aliphatic carbocycles. The van der Waals surface area contributed by atoms with E-state index in [0.717, 1.165) is 71.8 Å². The Hall–Kier alpha value is -3.19. The third kappa shape index (κ3) is 4.41. The average Bonchev–Trinajstić information content (AvgIpc) is 3.20. The van der Waals surface area contributed by atoms with Gasteiger partial charge in [0.25, 0.3) is 0 Å². The van der Waals surface area contributed by atoms with Crippen molar-refractivity contribution < 1.29 is 4.79 Å². The van der Waals surface area contributed by atoms with Crippen molar-refractivity contribution in [1.29, 1.82) is 0 Å². The Kier molecular flexibility index (Phi) is 6.60. The van der Waals surface area contributed by atoms with Crippen LogP contribution in [-0.4, -0.2) is 58.5 Å². The van der Waals surface area contributed by atoms with E-state index >= 15 is 0 Å². The maximum Gasteiger partial charge on any atom is 0.248 e. The second kappa shape index (κ2) is 9.69. The second-order valence-corrected chi connectivity index (χ2v) is 10.5. The van der Waals surface area contributed by atoms with E-state index < -0.39 is 10.8 Å². The minimum absolute atomic E-state index is 0.313. The highest BCUT2D eigenvalue weighted by Crippen LogP contribution is 2.47. The molecule has 36 heavy (non-hydrogen) atoms. The number of nitrogens with two attached hydrogens (primary N) is 1. The molecule has 2 aliphatic rings. The van der Waals surface area contributed by atoms with Crippen LogP contribution in [0.2, 0.25) is 0 Å². The van der Waals surface area contributed by atoms with Crippen LogP contribution in [0.3, 0.4) is 0 Å². The number of aromatic nitrogens is 2. The van der Waals surface area contributed by atoms with Gasteiger partial charge in [0.1, 0.15) is 5.65 Å². The Bertz CT molecular complexity index is 1380. The maximum absolute atomic E-state index is 11.8. The standard InChI is InChI=1S/C29H32ClN5O/c1-20-18-29(30,12-11-23(20)21(2)27(31)36)26-24-10-7-13-32-28(24)35(22-8-5-4-6-9-22)25(26)19-34-16-14-33(3)15-17-34/h4-13H,2,14-19H2,1,3H3,(H2,31,36). The number of hydrogen-bond donors (Lipinski definition) is 1. The molecule has 1 aliphatic heterocycles. The molecule has 0 saturated carbocycles. The highest BCUT2D eigenvalue weighted by atomic mass is 35.5. The third-order valence-electron chi connectivity index (χ3n) is 7.34. The van der Waals surface area contributed by atoms with Crippen LogP contribution in [0.15, 0.2) is 84.1 Å². The number of pyridine rings is 1. The van der Waals surface area contributed by atoms with E-state index in [1.165, 1.54) is 0 Å². The molecule has 0 spiro atoms. The van der Waals surface area contributed by atoms with Gasteiger partial charge in [0, 0.05) is 66.8 Å². The fourth-order valence-corrected chi connectivity index (χ4v) is 5.89. The molecule has 1 fully saturated rings. The molecule has 2 aromatic heterocycles. The molecule has 0 bridgehead atoms. The molecule has 2 N–H and O–H groups in total. The van der Waals surface area contributed by atoms with Crippen molar-refractivity contribution in [1.82, 2.24) is 19.4 Å². The van der Waals surface area contributed by atoms with Gasteiger partial charge >= 0.3 is 0 Å². The predicted octanol–water partition coefficient (Wildman–Crippen LogP) is 4.52. The minimum atomic E-state index is -0.797. The molecule has 1 amide bonds. The van der Waals surface area contributed by atoms with E-state index in [9.17, 15) is 4.79 Å². The quantitative estimate of drug-likeness (QED) is 0.398. The van der Waals surface area contributed by atoms with Gasteiger partial charge in [-0.2, -0.15) is 0 Å². The number of hydrogen-bond acceptors (Lipinski definition) is 4. The number of primary amides is 1. The first-order valence-electron chi connectivity index (χ1n) is 12.3. The lowest BCUT2D eigenvalue weighted by Crippen LogP contribution is -2.44. The lowest BCUT2D eigenvalue weighted by Gasteiger charge is -2.35. The number of carbonyl (C=O) groups is 1. The molecule has 1 aromatic carbocycles. The molecule has 6 nitrogen and oxygen atoms in total. The summed E-state index contributed by atoms with van der Waals surface area (Å²) in [7, 11) is 2.17. The number of alkyl halides is 1. The van der Waals surface area contributed by atoms with Crippen LogP contribution in [0.1, 0.15) is 24.6 Å². The third-order valence-corrected chi connectivity index (χ3v) is 7.79. The van der Waals surface area contributed by atoms with Gasteiger partial charge in [-0.05, 0) is 50.2 Å². The zero-order valence-electron chi connectivity index (χ0n) is 20.9. The van der Waals surface area contributed by atoms with Crippen molar-refractivity contribution in [3.63, 3.8) is 0 Å². The molecule has 0 radical (unpaired) electrons. The van der Waals surface area contributed by atoms with E-state index in [1.807, 2.05) is 37.4 Å². The van der Waals surface area contributed by atoms with Crippen molar-refractivity contribution >= 4 is 28.5 Å². The fourth-order valence-electron chi connectivity index (χ4n) is 5.41. The topological polar surface area (TPSA) is 67.4 Å². The summed E-state index contributed by atoms with van der Waals surface area (Å²) in [5, 5.41) is 1.04. The minimum Gasteiger partial charge on any atom is -0.366 e. The first kappa shape index (κ1) is 24.5. The van der Waals surface area contributed by atoms with Crippen molar-refractivity contribution in [3.05, 3.63) is 95.4 Å². The van der Waals surface area contributed by atoms with E-state index in [1.54, 1.807) is 0 Å². The molecule has 7 heteroatoms. The van der Waals surface area contributed by atoms with Crippen LogP contribution in [0.5, 0.6) is 0 Å². The smallest absolute Gasteiger partial charge is 0.248 e. The molecule has 186 valence electrons. The number of nitrogens with zero attached hydrogens (tertiary/aromatic N) is 4. The van der Waals surface area contributed by atoms with Crippen molar-refractivity contribution in [2.45, 2.75) is 24.8 Å². The number of likely N-dealkylation sites (N-methyl/N-ethyl adjacent to an activating group) is 1. The van der Waals surface area contributed by atoms with E-state index in [0.29, 0.717) is 12.0 Å². The molecule has 1 atom stereocenters. The number of benzene rings is 1. The zero-order valence-corrected chi connectivity index (χ0v) is 21.6. The number of fused-ring (bicyclic) bond motifs is 1. The number of para-hydroxylation sites is 1. The van der Waals surface area contributed by atoms with Gasteiger partial charge in [0.15, 0.2) is 0 Å². The molecule has 1 saturated heterocycles. The summed E-state index contributed by atoms with van der Waals surface area (Å²) in [6.07, 6.45) is 6.28. The Labute approximate surface area is 217 Å². The van der Waals surface area contributed by atoms with Crippen LogP contribution < -0.4 is 5.73 Å². The molecule has 3 heterocycles. The summed E-state index contributed by atoms with van der Waals surface area (Å²) in [6, 6.07) is 14.4. The van der Waals surface area contributed by atoms with Gasteiger partial charge in [0.2, 0.25) is 5.91 Å². The zero-order chi connectivity index (χ0) is 25.4. The van der Waals surface area contributed by atoms with Gasteiger partial charge in [0.05, 0.1) is 4.87 Å². The Morgan fingerprint density at radius 2 is 1.86 bits per heavy atom. The maximum atomic E-state index is 11.8. The van der Waals surface area contributed by atoms with E-state index in [-0.39, 0.29) is 0 Å².